The van der Waals surface area contributed by atoms with Gasteiger partial charge in [-0.3, -0.25) is 0 Å². The molecule has 0 amide bonds. The van der Waals surface area contributed by atoms with Gasteiger partial charge in [0.05, 0.1) is 7.11 Å². The van der Waals surface area contributed by atoms with E-state index in [0.29, 0.717) is 12.0 Å². The number of nitrogens with one attached hydrogen (secondary N) is 1. The highest BCUT2D eigenvalue weighted by Gasteiger charge is 2.26. The lowest BCUT2D eigenvalue weighted by molar-refractivity contribution is 0.411. The van der Waals surface area contributed by atoms with Gasteiger partial charge in [0.25, 0.3) is 0 Å². The largest absolute Gasteiger partial charge is 0.497 e. The molecule has 0 aliphatic carbocycles. The van der Waals surface area contributed by atoms with Crippen LogP contribution in [0.4, 0.5) is 0 Å². The van der Waals surface area contributed by atoms with Crippen molar-refractivity contribution in [2.24, 2.45) is 11.7 Å². The van der Waals surface area contributed by atoms with Crippen LogP contribution in [0.2, 0.25) is 0 Å². The van der Waals surface area contributed by atoms with Crippen LogP contribution in [0.3, 0.4) is 0 Å². The number of methoxy groups -OCH3 is 1. The summed E-state index contributed by atoms with van der Waals surface area (Å²) in [6.45, 7) is 1.80. The average molecular weight is 206 g/mol. The maximum Gasteiger partial charge on any atom is 0.119 e. The highest BCUT2D eigenvalue weighted by atomic mass is 16.5. The Morgan fingerprint density at radius 2 is 2.40 bits per heavy atom. The van der Waals surface area contributed by atoms with Crippen LogP contribution in [0.25, 0.3) is 0 Å². The van der Waals surface area contributed by atoms with Crippen LogP contribution in [0.1, 0.15) is 18.0 Å². The Morgan fingerprint density at radius 1 is 1.53 bits per heavy atom. The second-order valence-corrected chi connectivity index (χ2v) is 3.99. The summed E-state index contributed by atoms with van der Waals surface area (Å²) in [5, 5.41) is 3.49. The van der Waals surface area contributed by atoms with Gasteiger partial charge in [0.2, 0.25) is 0 Å². The van der Waals surface area contributed by atoms with Crippen LogP contribution in [-0.2, 0) is 0 Å². The van der Waals surface area contributed by atoms with E-state index in [4.69, 9.17) is 10.5 Å². The molecule has 1 aliphatic heterocycles. The lowest BCUT2D eigenvalue weighted by Crippen LogP contribution is -2.23. The van der Waals surface area contributed by atoms with Crippen LogP contribution in [0.5, 0.6) is 5.75 Å². The molecule has 2 rings (SSSR count). The minimum Gasteiger partial charge on any atom is -0.497 e. The van der Waals surface area contributed by atoms with Gasteiger partial charge in [0, 0.05) is 6.04 Å². The van der Waals surface area contributed by atoms with E-state index in [0.717, 1.165) is 18.8 Å². The van der Waals surface area contributed by atoms with Crippen LogP contribution >= 0.6 is 0 Å². The van der Waals surface area contributed by atoms with E-state index in [9.17, 15) is 0 Å². The molecule has 0 radical (unpaired) electrons. The van der Waals surface area contributed by atoms with Crippen molar-refractivity contribution < 1.29 is 4.74 Å². The van der Waals surface area contributed by atoms with Crippen molar-refractivity contribution in [3.63, 3.8) is 0 Å². The standard InChI is InChI=1S/C12H18N2O/c1-15-11-4-2-3-9(7-11)12-10(8-13)5-6-14-12/h2-4,7,10,12,14H,5-6,8,13H2,1H3. The van der Waals surface area contributed by atoms with Gasteiger partial charge in [-0.1, -0.05) is 12.1 Å². The van der Waals surface area contributed by atoms with Crippen LogP contribution in [-0.4, -0.2) is 20.2 Å². The fourth-order valence-corrected chi connectivity index (χ4v) is 2.24. The lowest BCUT2D eigenvalue weighted by Gasteiger charge is -2.18. The van der Waals surface area contributed by atoms with E-state index in [1.807, 2.05) is 12.1 Å². The highest BCUT2D eigenvalue weighted by Crippen LogP contribution is 2.30. The first-order valence-electron chi connectivity index (χ1n) is 5.42. The summed E-state index contributed by atoms with van der Waals surface area (Å²) in [7, 11) is 1.70. The summed E-state index contributed by atoms with van der Waals surface area (Å²) in [6, 6.07) is 8.61. The number of nitrogens with two attached hydrogens (primary N) is 1. The monoisotopic (exact) mass is 206 g/mol. The maximum atomic E-state index is 5.76. The minimum absolute atomic E-state index is 0.394. The number of ether oxygens (including phenoxy) is 1. The molecule has 0 saturated carbocycles. The third kappa shape index (κ3) is 2.13. The molecule has 1 aromatic carbocycles. The van der Waals surface area contributed by atoms with Crippen LogP contribution in [0, 0.1) is 5.92 Å². The summed E-state index contributed by atoms with van der Waals surface area (Å²) < 4.78 is 5.22. The van der Waals surface area contributed by atoms with Gasteiger partial charge in [-0.2, -0.15) is 0 Å². The highest BCUT2D eigenvalue weighted by molar-refractivity contribution is 5.31. The van der Waals surface area contributed by atoms with Gasteiger partial charge in [0.1, 0.15) is 5.75 Å². The molecule has 2 atom stereocenters. The third-order valence-corrected chi connectivity index (χ3v) is 3.11. The van der Waals surface area contributed by atoms with Crippen LogP contribution in [0.15, 0.2) is 24.3 Å². The van der Waals surface area contributed by atoms with Crippen molar-refractivity contribution in [3.8, 4) is 5.75 Å². The molecule has 2 unspecified atom stereocenters. The zero-order valence-electron chi connectivity index (χ0n) is 9.07. The Morgan fingerprint density at radius 3 is 3.13 bits per heavy atom. The van der Waals surface area contributed by atoms with E-state index in [-0.39, 0.29) is 0 Å². The number of hydrogen-bond acceptors (Lipinski definition) is 3. The molecule has 0 spiro atoms. The molecule has 1 aromatic rings. The van der Waals surface area contributed by atoms with Gasteiger partial charge in [0.15, 0.2) is 0 Å². The minimum atomic E-state index is 0.394. The average Bonchev–Trinajstić information content (AvgIpc) is 2.77. The summed E-state index contributed by atoms with van der Waals surface area (Å²) >= 11 is 0. The number of benzene rings is 1. The SMILES string of the molecule is COc1cccc(C2NCCC2CN)c1. The predicted molar refractivity (Wildman–Crippen MR) is 60.9 cm³/mol. The van der Waals surface area contributed by atoms with Gasteiger partial charge < -0.3 is 15.8 Å². The molecule has 3 heteroatoms. The molecule has 1 fully saturated rings. The Balaban J connectivity index is 2.20. The molecule has 1 saturated heterocycles. The van der Waals surface area contributed by atoms with Gasteiger partial charge in [-0.05, 0) is 43.1 Å². The van der Waals surface area contributed by atoms with E-state index in [1.165, 1.54) is 12.0 Å². The molecule has 3 nitrogen and oxygen atoms in total. The van der Waals surface area contributed by atoms with Crippen LogP contribution < -0.4 is 15.8 Å². The molecule has 82 valence electrons. The fourth-order valence-electron chi connectivity index (χ4n) is 2.24. The summed E-state index contributed by atoms with van der Waals surface area (Å²) in [6.07, 6.45) is 1.17. The van der Waals surface area contributed by atoms with E-state index in [2.05, 4.69) is 17.4 Å². The van der Waals surface area contributed by atoms with Crippen molar-refractivity contribution in [2.45, 2.75) is 12.5 Å². The number of rotatable bonds is 3. The van der Waals surface area contributed by atoms with Crippen molar-refractivity contribution >= 4 is 0 Å². The van der Waals surface area contributed by atoms with Crippen molar-refractivity contribution in [3.05, 3.63) is 29.8 Å². The molecule has 0 aromatic heterocycles. The first kappa shape index (κ1) is 10.5. The topological polar surface area (TPSA) is 47.3 Å². The Kier molecular flexibility index (Phi) is 3.23. The third-order valence-electron chi connectivity index (χ3n) is 3.11. The Bertz CT molecular complexity index is 327. The Hall–Kier alpha value is -1.06. The quantitative estimate of drug-likeness (QED) is 0.783. The molecule has 3 N–H and O–H groups in total. The molecule has 15 heavy (non-hydrogen) atoms. The van der Waals surface area contributed by atoms with Crippen molar-refractivity contribution in [1.29, 1.82) is 0 Å². The number of hydrogen-bond donors (Lipinski definition) is 2. The van der Waals surface area contributed by atoms with Gasteiger partial charge >= 0.3 is 0 Å². The van der Waals surface area contributed by atoms with Crippen molar-refractivity contribution in [1.82, 2.24) is 5.32 Å². The second-order valence-electron chi connectivity index (χ2n) is 3.99. The Labute approximate surface area is 90.6 Å². The smallest absolute Gasteiger partial charge is 0.119 e. The molecule has 1 aliphatic rings. The predicted octanol–water partition coefficient (Wildman–Crippen LogP) is 1.30. The van der Waals surface area contributed by atoms with Crippen molar-refractivity contribution in [2.75, 3.05) is 20.2 Å². The normalized spacial score (nSPS) is 25.5. The summed E-state index contributed by atoms with van der Waals surface area (Å²) in [5.74, 6) is 1.47. The molecule has 1 heterocycles. The van der Waals surface area contributed by atoms with E-state index < -0.39 is 0 Å². The zero-order valence-corrected chi connectivity index (χ0v) is 9.07. The summed E-state index contributed by atoms with van der Waals surface area (Å²) in [4.78, 5) is 0. The molecular formula is C12H18N2O. The van der Waals surface area contributed by atoms with E-state index in [1.54, 1.807) is 7.11 Å². The molecule has 0 bridgehead atoms. The maximum absolute atomic E-state index is 5.76. The van der Waals surface area contributed by atoms with Gasteiger partial charge in [-0.25, -0.2) is 0 Å². The first-order valence-corrected chi connectivity index (χ1v) is 5.42. The first-order chi connectivity index (χ1) is 7.35. The van der Waals surface area contributed by atoms with E-state index >= 15 is 0 Å². The second kappa shape index (κ2) is 4.64. The fraction of sp³-hybridized carbons (Fsp3) is 0.500. The zero-order chi connectivity index (χ0) is 10.7. The van der Waals surface area contributed by atoms with Gasteiger partial charge in [-0.15, -0.1) is 0 Å². The lowest BCUT2D eigenvalue weighted by atomic mass is 9.94. The summed E-state index contributed by atoms with van der Waals surface area (Å²) in [5.41, 5.74) is 7.04. The molecular weight excluding hydrogens is 188 g/mol.